The highest BCUT2D eigenvalue weighted by Gasteiger charge is 2.02. The maximum atomic E-state index is 8.48. The molecule has 0 N–H and O–H groups in total. The van der Waals surface area contributed by atoms with Gasteiger partial charge in [0.15, 0.2) is 5.82 Å². The summed E-state index contributed by atoms with van der Waals surface area (Å²) in [5.41, 5.74) is 0. The molecular weight excluding hydrogens is 142 g/mol. The summed E-state index contributed by atoms with van der Waals surface area (Å²) >= 11 is 0. The number of nitriles is 1. The standard InChI is InChI=1S/C6H9N5/c1-2-3-4-6-8-9-10-11(6)5-7/h2-4H2,1H3. The van der Waals surface area contributed by atoms with E-state index in [4.69, 9.17) is 5.26 Å². The van der Waals surface area contributed by atoms with E-state index in [0.29, 0.717) is 5.82 Å². The lowest BCUT2D eigenvalue weighted by Crippen LogP contribution is -1.99. The Morgan fingerprint density at radius 3 is 3.09 bits per heavy atom. The molecule has 5 heteroatoms. The van der Waals surface area contributed by atoms with Gasteiger partial charge < -0.3 is 0 Å². The first-order chi connectivity index (χ1) is 5.38. The van der Waals surface area contributed by atoms with E-state index in [2.05, 4.69) is 22.4 Å². The Balaban J connectivity index is 2.63. The average Bonchev–Trinajstić information content (AvgIpc) is 2.47. The largest absolute Gasteiger partial charge is 0.209 e. The zero-order chi connectivity index (χ0) is 8.10. The number of aromatic nitrogens is 4. The van der Waals surface area contributed by atoms with E-state index in [1.54, 1.807) is 0 Å². The van der Waals surface area contributed by atoms with Crippen LogP contribution in [0.3, 0.4) is 0 Å². The lowest BCUT2D eigenvalue weighted by atomic mass is 10.2. The van der Waals surface area contributed by atoms with Gasteiger partial charge in [0.05, 0.1) is 0 Å². The minimum atomic E-state index is 0.648. The Hall–Kier alpha value is -1.44. The van der Waals surface area contributed by atoms with Crippen LogP contribution in [0.5, 0.6) is 0 Å². The molecule has 5 nitrogen and oxygen atoms in total. The van der Waals surface area contributed by atoms with Gasteiger partial charge in [-0.05, 0) is 16.8 Å². The fourth-order valence-electron chi connectivity index (χ4n) is 0.774. The quantitative estimate of drug-likeness (QED) is 0.624. The van der Waals surface area contributed by atoms with Crippen LogP contribution >= 0.6 is 0 Å². The van der Waals surface area contributed by atoms with E-state index in [-0.39, 0.29) is 0 Å². The molecule has 0 aliphatic heterocycles. The Bertz CT molecular complexity index is 258. The van der Waals surface area contributed by atoms with Gasteiger partial charge >= 0.3 is 0 Å². The van der Waals surface area contributed by atoms with E-state index >= 15 is 0 Å². The highest BCUT2D eigenvalue weighted by molar-refractivity contribution is 4.89. The van der Waals surface area contributed by atoms with Gasteiger partial charge in [0, 0.05) is 6.42 Å². The first kappa shape index (κ1) is 7.66. The van der Waals surface area contributed by atoms with Crippen molar-refractivity contribution in [2.75, 3.05) is 0 Å². The second kappa shape index (κ2) is 3.66. The molecule has 0 amide bonds. The highest BCUT2D eigenvalue weighted by atomic mass is 15.5. The minimum absolute atomic E-state index is 0.648. The summed E-state index contributed by atoms with van der Waals surface area (Å²) in [6.45, 7) is 2.08. The monoisotopic (exact) mass is 151 g/mol. The predicted molar refractivity (Wildman–Crippen MR) is 37.4 cm³/mol. The van der Waals surface area contributed by atoms with E-state index in [0.717, 1.165) is 23.9 Å². The van der Waals surface area contributed by atoms with E-state index in [1.807, 2.05) is 6.19 Å². The molecule has 0 unspecified atom stereocenters. The Morgan fingerprint density at radius 2 is 2.45 bits per heavy atom. The molecule has 58 valence electrons. The summed E-state index contributed by atoms with van der Waals surface area (Å²) < 4.78 is 1.15. The summed E-state index contributed by atoms with van der Waals surface area (Å²) in [4.78, 5) is 0. The van der Waals surface area contributed by atoms with Gasteiger partial charge in [0.2, 0.25) is 6.19 Å². The third-order valence-electron chi connectivity index (χ3n) is 1.38. The normalized spacial score (nSPS) is 9.45. The van der Waals surface area contributed by atoms with Crippen molar-refractivity contribution in [1.29, 1.82) is 5.26 Å². The lowest BCUT2D eigenvalue weighted by Gasteiger charge is -1.91. The van der Waals surface area contributed by atoms with Crippen molar-refractivity contribution in [2.45, 2.75) is 26.2 Å². The van der Waals surface area contributed by atoms with Gasteiger partial charge in [0.1, 0.15) is 0 Å². The van der Waals surface area contributed by atoms with Crippen LogP contribution in [0.15, 0.2) is 0 Å². The molecule has 0 radical (unpaired) electrons. The van der Waals surface area contributed by atoms with Gasteiger partial charge in [-0.25, -0.2) is 0 Å². The molecule has 0 aliphatic rings. The van der Waals surface area contributed by atoms with Gasteiger partial charge in [-0.15, -0.1) is 9.78 Å². The first-order valence-corrected chi connectivity index (χ1v) is 3.56. The summed E-state index contributed by atoms with van der Waals surface area (Å²) in [6, 6.07) is 0. The fourth-order valence-corrected chi connectivity index (χ4v) is 0.774. The van der Waals surface area contributed by atoms with E-state index in [1.165, 1.54) is 0 Å². The summed E-state index contributed by atoms with van der Waals surface area (Å²) in [5, 5.41) is 19.0. The van der Waals surface area contributed by atoms with Crippen LogP contribution in [-0.4, -0.2) is 20.2 Å². The maximum absolute atomic E-state index is 8.48. The van der Waals surface area contributed by atoms with Gasteiger partial charge in [-0.3, -0.25) is 0 Å². The summed E-state index contributed by atoms with van der Waals surface area (Å²) in [5.74, 6) is 0.648. The third kappa shape index (κ3) is 1.74. The molecule has 0 aliphatic carbocycles. The van der Waals surface area contributed by atoms with Crippen molar-refractivity contribution in [3.8, 4) is 6.19 Å². The van der Waals surface area contributed by atoms with Crippen molar-refractivity contribution < 1.29 is 0 Å². The highest BCUT2D eigenvalue weighted by Crippen LogP contribution is 1.97. The fraction of sp³-hybridized carbons (Fsp3) is 0.667. The number of aryl methyl sites for hydroxylation is 1. The van der Waals surface area contributed by atoms with Gasteiger partial charge in [0.25, 0.3) is 0 Å². The molecule has 0 bridgehead atoms. The van der Waals surface area contributed by atoms with Crippen molar-refractivity contribution in [3.05, 3.63) is 5.82 Å². The third-order valence-corrected chi connectivity index (χ3v) is 1.38. The van der Waals surface area contributed by atoms with Crippen LogP contribution in [0.1, 0.15) is 25.6 Å². The molecule has 1 aromatic rings. The number of hydrogen-bond donors (Lipinski definition) is 0. The maximum Gasteiger partial charge on any atom is 0.209 e. The molecule has 11 heavy (non-hydrogen) atoms. The molecule has 1 heterocycles. The van der Waals surface area contributed by atoms with Crippen LogP contribution in [0.4, 0.5) is 0 Å². The predicted octanol–water partition coefficient (Wildman–Crippen LogP) is 0.345. The molecule has 0 atom stereocenters. The van der Waals surface area contributed by atoms with Crippen LogP contribution in [0, 0.1) is 11.5 Å². The molecule has 0 aromatic carbocycles. The Kier molecular flexibility index (Phi) is 2.55. The second-order valence-corrected chi connectivity index (χ2v) is 2.21. The zero-order valence-corrected chi connectivity index (χ0v) is 6.36. The number of rotatable bonds is 3. The van der Waals surface area contributed by atoms with Crippen molar-refractivity contribution >= 4 is 0 Å². The summed E-state index contributed by atoms with van der Waals surface area (Å²) in [7, 11) is 0. The van der Waals surface area contributed by atoms with E-state index < -0.39 is 0 Å². The molecule has 1 aromatic heterocycles. The smallest absolute Gasteiger partial charge is 0.170 e. The topological polar surface area (TPSA) is 67.4 Å². The van der Waals surface area contributed by atoms with Gasteiger partial charge in [-0.1, -0.05) is 13.3 Å². The molecule has 1 rings (SSSR count). The molecule has 0 spiro atoms. The van der Waals surface area contributed by atoms with Crippen molar-refractivity contribution in [2.24, 2.45) is 0 Å². The van der Waals surface area contributed by atoms with Crippen LogP contribution < -0.4 is 0 Å². The lowest BCUT2D eigenvalue weighted by molar-refractivity contribution is 0.717. The Morgan fingerprint density at radius 1 is 1.64 bits per heavy atom. The minimum Gasteiger partial charge on any atom is -0.170 e. The average molecular weight is 151 g/mol. The van der Waals surface area contributed by atoms with Crippen LogP contribution in [0.2, 0.25) is 0 Å². The van der Waals surface area contributed by atoms with E-state index in [9.17, 15) is 0 Å². The second-order valence-electron chi connectivity index (χ2n) is 2.21. The Labute approximate surface area is 64.6 Å². The SMILES string of the molecule is CCCCc1nnnn1C#N. The first-order valence-electron chi connectivity index (χ1n) is 3.56. The van der Waals surface area contributed by atoms with Crippen molar-refractivity contribution in [1.82, 2.24) is 20.2 Å². The molecule has 0 saturated heterocycles. The number of tetrazole rings is 1. The van der Waals surface area contributed by atoms with Gasteiger partial charge in [-0.2, -0.15) is 5.26 Å². The zero-order valence-electron chi connectivity index (χ0n) is 6.36. The van der Waals surface area contributed by atoms with Crippen molar-refractivity contribution in [3.63, 3.8) is 0 Å². The molecule has 0 fully saturated rings. The number of unbranched alkanes of at least 4 members (excludes halogenated alkanes) is 1. The number of nitrogens with zero attached hydrogens (tertiary/aromatic N) is 5. The van der Waals surface area contributed by atoms with Crippen LogP contribution in [-0.2, 0) is 6.42 Å². The summed E-state index contributed by atoms with van der Waals surface area (Å²) in [6.07, 6.45) is 4.74. The molecular formula is C6H9N5. The van der Waals surface area contributed by atoms with Crippen LogP contribution in [0.25, 0.3) is 0 Å². The molecule has 0 saturated carbocycles. The number of hydrogen-bond acceptors (Lipinski definition) is 4.